The molecule has 1 aromatic carbocycles. The van der Waals surface area contributed by atoms with E-state index in [0.29, 0.717) is 22.9 Å². The van der Waals surface area contributed by atoms with E-state index in [4.69, 9.17) is 22.1 Å². The Kier molecular flexibility index (Phi) is 5.74. The molecule has 3 N–H and O–H groups in total. The topological polar surface area (TPSA) is 124 Å². The summed E-state index contributed by atoms with van der Waals surface area (Å²) < 4.78 is 6.58. The highest BCUT2D eigenvalue weighted by Gasteiger charge is 2.15. The molecule has 2 heterocycles. The van der Waals surface area contributed by atoms with Crippen molar-refractivity contribution >= 4 is 40.9 Å². The number of esters is 1. The van der Waals surface area contributed by atoms with Gasteiger partial charge in [-0.1, -0.05) is 17.7 Å². The van der Waals surface area contributed by atoms with Crippen LogP contribution in [0, 0.1) is 13.8 Å². The number of halogens is 1. The normalized spacial score (nSPS) is 10.8. The van der Waals surface area contributed by atoms with Crippen molar-refractivity contribution in [2.75, 3.05) is 17.7 Å². The van der Waals surface area contributed by atoms with Gasteiger partial charge in [0.1, 0.15) is 0 Å². The molecule has 28 heavy (non-hydrogen) atoms. The number of ether oxygens (including phenoxy) is 1. The highest BCUT2D eigenvalue weighted by molar-refractivity contribution is 6.30. The lowest BCUT2D eigenvalue weighted by atomic mass is 10.1. The maximum atomic E-state index is 12.0. The van der Waals surface area contributed by atoms with Gasteiger partial charge < -0.3 is 15.8 Å². The van der Waals surface area contributed by atoms with E-state index in [0.717, 1.165) is 17.0 Å². The molecule has 0 aliphatic heterocycles. The molecule has 0 aliphatic rings. The predicted octanol–water partition coefficient (Wildman–Crippen LogP) is 2.09. The number of hydrogen-bond donors (Lipinski definition) is 2. The van der Waals surface area contributed by atoms with Crippen LogP contribution in [-0.2, 0) is 20.7 Å². The van der Waals surface area contributed by atoms with Crippen LogP contribution in [0.5, 0.6) is 0 Å². The van der Waals surface area contributed by atoms with Crippen LogP contribution in [0.1, 0.15) is 23.4 Å². The second kappa shape index (κ2) is 8.22. The molecule has 9 nitrogen and oxygen atoms in total. The SMILES string of the molecule is Cc1nc2nc(N)nn2c(C)c1CCC(=O)OCC(=O)Nc1cccc(Cl)c1. The molecule has 0 fully saturated rings. The van der Waals surface area contributed by atoms with Crippen LogP contribution >= 0.6 is 11.6 Å². The molecule has 146 valence electrons. The maximum absolute atomic E-state index is 12.0. The van der Waals surface area contributed by atoms with E-state index < -0.39 is 11.9 Å². The number of anilines is 2. The Morgan fingerprint density at radius 2 is 2.07 bits per heavy atom. The number of amides is 1. The Balaban J connectivity index is 1.54. The molecule has 10 heteroatoms. The first-order chi connectivity index (χ1) is 13.3. The molecule has 0 saturated heterocycles. The predicted molar refractivity (Wildman–Crippen MR) is 104 cm³/mol. The molecular formula is C18H19ClN6O3. The zero-order chi connectivity index (χ0) is 20.3. The average molecular weight is 403 g/mol. The average Bonchev–Trinajstić information content (AvgIpc) is 3.00. The summed E-state index contributed by atoms with van der Waals surface area (Å²) in [7, 11) is 0. The molecule has 0 bridgehead atoms. The Bertz CT molecular complexity index is 1050. The molecule has 3 aromatic rings. The Hall–Kier alpha value is -3.20. The first-order valence-electron chi connectivity index (χ1n) is 8.53. The third-order valence-electron chi connectivity index (χ3n) is 4.12. The molecule has 0 aliphatic carbocycles. The van der Waals surface area contributed by atoms with E-state index in [1.54, 1.807) is 28.8 Å². The molecular weight excluding hydrogens is 384 g/mol. The third-order valence-corrected chi connectivity index (χ3v) is 4.35. The van der Waals surface area contributed by atoms with Crippen molar-refractivity contribution in [1.29, 1.82) is 0 Å². The van der Waals surface area contributed by atoms with Gasteiger partial charge in [0, 0.05) is 28.5 Å². The first-order valence-corrected chi connectivity index (χ1v) is 8.90. The number of aryl methyl sites for hydroxylation is 2. The molecule has 0 radical (unpaired) electrons. The van der Waals surface area contributed by atoms with E-state index in [1.807, 2.05) is 13.8 Å². The van der Waals surface area contributed by atoms with Crippen LogP contribution in [0.25, 0.3) is 5.78 Å². The zero-order valence-electron chi connectivity index (χ0n) is 15.4. The van der Waals surface area contributed by atoms with Crippen molar-refractivity contribution in [2.45, 2.75) is 26.7 Å². The number of nitrogens with zero attached hydrogens (tertiary/aromatic N) is 4. The molecule has 2 aromatic heterocycles. The standard InChI is InChI=1S/C18H19ClN6O3/c1-10-14(11(2)25-18(21-10)23-17(20)24-25)6-7-16(27)28-9-15(26)22-13-5-3-4-12(19)8-13/h3-5,8H,6-7,9H2,1-2H3,(H2,20,24)(H,22,26). The third kappa shape index (κ3) is 4.55. The van der Waals surface area contributed by atoms with E-state index >= 15 is 0 Å². The number of fused-ring (bicyclic) bond motifs is 1. The van der Waals surface area contributed by atoms with Gasteiger partial charge in [0.15, 0.2) is 6.61 Å². The second-order valence-electron chi connectivity index (χ2n) is 6.16. The van der Waals surface area contributed by atoms with Gasteiger partial charge in [-0.25, -0.2) is 4.98 Å². The summed E-state index contributed by atoms with van der Waals surface area (Å²) in [5.41, 5.74) is 8.55. The fourth-order valence-electron chi connectivity index (χ4n) is 2.79. The van der Waals surface area contributed by atoms with Gasteiger partial charge in [0.2, 0.25) is 5.95 Å². The molecule has 0 atom stereocenters. The van der Waals surface area contributed by atoms with Gasteiger partial charge >= 0.3 is 5.97 Å². The largest absolute Gasteiger partial charge is 0.456 e. The van der Waals surface area contributed by atoms with Gasteiger partial charge in [-0.3, -0.25) is 9.59 Å². The lowest BCUT2D eigenvalue weighted by Crippen LogP contribution is -2.21. The molecule has 1 amide bonds. The highest BCUT2D eigenvalue weighted by Crippen LogP contribution is 2.17. The fourth-order valence-corrected chi connectivity index (χ4v) is 2.98. The van der Waals surface area contributed by atoms with Crippen molar-refractivity contribution in [1.82, 2.24) is 19.6 Å². The van der Waals surface area contributed by atoms with Gasteiger partial charge in [0.05, 0.1) is 0 Å². The van der Waals surface area contributed by atoms with Crippen LogP contribution in [0.2, 0.25) is 5.02 Å². The minimum atomic E-state index is -0.488. The number of carbonyl (C=O) groups is 2. The Morgan fingerprint density at radius 1 is 1.29 bits per heavy atom. The summed E-state index contributed by atoms with van der Waals surface area (Å²) in [6.45, 7) is 3.31. The fraction of sp³-hybridized carbons (Fsp3) is 0.278. The number of carbonyl (C=O) groups excluding carboxylic acids is 2. The number of nitrogen functional groups attached to an aromatic ring is 1. The van der Waals surface area contributed by atoms with Gasteiger partial charge in [-0.05, 0) is 44.0 Å². The minimum Gasteiger partial charge on any atom is -0.456 e. The van der Waals surface area contributed by atoms with Crippen LogP contribution < -0.4 is 11.1 Å². The summed E-state index contributed by atoms with van der Waals surface area (Å²) in [6.07, 6.45) is 0.499. The van der Waals surface area contributed by atoms with Crippen LogP contribution in [0.3, 0.4) is 0 Å². The van der Waals surface area contributed by atoms with Crippen molar-refractivity contribution in [3.8, 4) is 0 Å². The number of nitrogens with one attached hydrogen (secondary N) is 1. The van der Waals surface area contributed by atoms with Crippen LogP contribution in [0.4, 0.5) is 11.6 Å². The van der Waals surface area contributed by atoms with Crippen LogP contribution in [-0.4, -0.2) is 38.1 Å². The Morgan fingerprint density at radius 3 is 2.82 bits per heavy atom. The Labute approximate surface area is 165 Å². The monoisotopic (exact) mass is 402 g/mol. The number of benzene rings is 1. The van der Waals surface area contributed by atoms with Crippen molar-refractivity contribution in [3.63, 3.8) is 0 Å². The molecule has 3 rings (SSSR count). The minimum absolute atomic E-state index is 0.101. The second-order valence-corrected chi connectivity index (χ2v) is 6.60. The summed E-state index contributed by atoms with van der Waals surface area (Å²) in [5.74, 6) is -0.379. The lowest BCUT2D eigenvalue weighted by molar-refractivity contribution is -0.147. The van der Waals surface area contributed by atoms with Crippen molar-refractivity contribution < 1.29 is 14.3 Å². The van der Waals surface area contributed by atoms with E-state index in [1.165, 1.54) is 0 Å². The van der Waals surface area contributed by atoms with Crippen LogP contribution in [0.15, 0.2) is 24.3 Å². The summed E-state index contributed by atoms with van der Waals surface area (Å²) >= 11 is 5.86. The van der Waals surface area contributed by atoms with Gasteiger partial charge in [-0.2, -0.15) is 9.50 Å². The molecule has 0 unspecified atom stereocenters. The quantitative estimate of drug-likeness (QED) is 0.605. The molecule has 0 saturated carbocycles. The van der Waals surface area contributed by atoms with Crippen molar-refractivity contribution in [3.05, 3.63) is 46.2 Å². The molecule has 0 spiro atoms. The smallest absolute Gasteiger partial charge is 0.306 e. The number of rotatable bonds is 6. The summed E-state index contributed by atoms with van der Waals surface area (Å²) in [4.78, 5) is 32.3. The van der Waals surface area contributed by atoms with E-state index in [2.05, 4.69) is 20.4 Å². The highest BCUT2D eigenvalue weighted by atomic mass is 35.5. The maximum Gasteiger partial charge on any atom is 0.306 e. The van der Waals surface area contributed by atoms with E-state index in [9.17, 15) is 9.59 Å². The zero-order valence-corrected chi connectivity index (χ0v) is 16.2. The summed E-state index contributed by atoms with van der Waals surface area (Å²) in [5, 5.41) is 7.20. The number of nitrogens with two attached hydrogens (primary N) is 1. The van der Waals surface area contributed by atoms with Gasteiger partial charge in [-0.15, -0.1) is 5.10 Å². The lowest BCUT2D eigenvalue weighted by Gasteiger charge is -2.10. The van der Waals surface area contributed by atoms with Crippen molar-refractivity contribution in [2.24, 2.45) is 0 Å². The number of hydrogen-bond acceptors (Lipinski definition) is 7. The summed E-state index contributed by atoms with van der Waals surface area (Å²) in [6, 6.07) is 6.70. The van der Waals surface area contributed by atoms with E-state index in [-0.39, 0.29) is 19.0 Å². The number of aromatic nitrogens is 4. The first kappa shape index (κ1) is 19.6. The van der Waals surface area contributed by atoms with Gasteiger partial charge in [0.25, 0.3) is 11.7 Å².